The van der Waals surface area contributed by atoms with Crippen LogP contribution in [-0.2, 0) is 51.5 Å². The SMILES string of the molecule is C.CC(C)OC(=O)[C@H](C)NP(=O)(OC[C@@]1(CN=[N+]=[N-])O[C@@H](n2ccc(=O)[nH]c2=O)[C@H](F)[C@@H]1C)Oc1ccccc1.CC(C)OC(=O)[C@H](C)NP(=O)(OC[C@@]1(CN=[N+]=[N-])O[C@@H](n2ccc(=O)[nH]c2=O)[C@H](F)[C@@H]1O)Oc1ccccc1.C[C@H]1[C@@H](F)[C@H](n2ccc(=O)[nH]c2=O)O[C@@]1(CO)CN=[N+]=[N-]. The molecule has 0 spiro atoms. The summed E-state index contributed by atoms with van der Waals surface area (Å²) < 4.78 is 125. The van der Waals surface area contributed by atoms with Gasteiger partial charge in [-0.15, -0.1) is 0 Å². The summed E-state index contributed by atoms with van der Waals surface area (Å²) in [4.78, 5) is 109. The van der Waals surface area contributed by atoms with Crippen LogP contribution in [0.25, 0.3) is 31.3 Å². The minimum atomic E-state index is -4.49. The van der Waals surface area contributed by atoms with Crippen LogP contribution in [0, 0.1) is 11.8 Å². The van der Waals surface area contributed by atoms with Gasteiger partial charge in [0, 0.05) is 63.4 Å². The quantitative estimate of drug-likeness (QED) is 0.0101. The molecule has 3 fully saturated rings. The Kier molecular flexibility index (Phi) is 29.1. The fourth-order valence-electron chi connectivity index (χ4n) is 9.85. The van der Waals surface area contributed by atoms with Crippen LogP contribution in [0.2, 0.25) is 0 Å². The smallest absolute Gasteiger partial charge is 0.459 e. The number of halogens is 3. The molecule has 546 valence electrons. The first-order valence-corrected chi connectivity index (χ1v) is 33.0. The lowest BCUT2D eigenvalue weighted by atomic mass is 9.88. The normalized spacial score (nSPS) is 26.1. The molecule has 0 saturated carbocycles. The number of alkyl halides is 3. The first-order chi connectivity index (χ1) is 46.7. The molecule has 8 rings (SSSR count). The van der Waals surface area contributed by atoms with Gasteiger partial charge in [-0.3, -0.25) is 61.7 Å². The first-order valence-electron chi connectivity index (χ1n) is 29.9. The molecule has 3 saturated heterocycles. The molecule has 38 nitrogen and oxygen atoms in total. The Bertz CT molecular complexity index is 4030. The fourth-order valence-corrected chi connectivity index (χ4v) is 12.9. The molecule has 0 bridgehead atoms. The molecule has 2 aromatic carbocycles. The molecule has 0 amide bonds. The van der Waals surface area contributed by atoms with Gasteiger partial charge in [0.05, 0.1) is 51.7 Å². The predicted octanol–water partition coefficient (Wildman–Crippen LogP) is 5.89. The number of aromatic nitrogens is 6. The van der Waals surface area contributed by atoms with Crippen LogP contribution in [0.1, 0.15) is 81.5 Å². The van der Waals surface area contributed by atoms with Gasteiger partial charge in [-0.05, 0) is 82.4 Å². The second-order valence-corrected chi connectivity index (χ2v) is 26.4. The molecule has 3 aromatic heterocycles. The van der Waals surface area contributed by atoms with E-state index in [0.29, 0.717) is 4.57 Å². The number of aliphatic hydroxyl groups excluding tert-OH is 2. The number of carbonyl (C=O) groups excluding carboxylic acids is 2. The third-order valence-electron chi connectivity index (χ3n) is 15.2. The van der Waals surface area contributed by atoms with Crippen molar-refractivity contribution in [1.82, 2.24) is 38.8 Å². The van der Waals surface area contributed by atoms with Crippen molar-refractivity contribution < 1.29 is 83.9 Å². The lowest BCUT2D eigenvalue weighted by Gasteiger charge is -2.33. The van der Waals surface area contributed by atoms with Crippen LogP contribution in [0.5, 0.6) is 11.5 Å². The molecule has 0 aliphatic carbocycles. The van der Waals surface area contributed by atoms with E-state index in [1.807, 2.05) is 15.0 Å². The summed E-state index contributed by atoms with van der Waals surface area (Å²) >= 11 is 0. The van der Waals surface area contributed by atoms with Crippen molar-refractivity contribution >= 4 is 27.4 Å². The zero-order valence-corrected chi connectivity index (χ0v) is 55.8. The highest BCUT2D eigenvalue weighted by Crippen LogP contribution is 2.51. The van der Waals surface area contributed by atoms with Gasteiger partial charge in [-0.1, -0.05) is 73.0 Å². The monoisotopic (exact) mass is 1450 g/mol. The van der Waals surface area contributed by atoms with E-state index in [4.69, 9.17) is 58.4 Å². The number of aliphatic hydroxyl groups is 2. The third kappa shape index (κ3) is 20.5. The van der Waals surface area contributed by atoms with Gasteiger partial charge in [-0.2, -0.15) is 10.2 Å². The second kappa shape index (κ2) is 35.7. The molecule has 43 heteroatoms. The summed E-state index contributed by atoms with van der Waals surface area (Å²) in [5, 5.41) is 35.4. The van der Waals surface area contributed by atoms with E-state index >= 15 is 8.78 Å². The van der Waals surface area contributed by atoms with Gasteiger partial charge >= 0.3 is 44.5 Å². The Balaban J connectivity index is 0.000000281. The average Bonchev–Trinajstić information content (AvgIpc) is 1.63. The Morgan fingerprint density at radius 1 is 0.570 bits per heavy atom. The Morgan fingerprint density at radius 2 is 0.890 bits per heavy atom. The molecular weight excluding hydrogens is 1380 g/mol. The Labute approximate surface area is 565 Å². The fraction of sp³-hybridized carbons (Fsp3) is 0.544. The Hall–Kier alpha value is -9.16. The summed E-state index contributed by atoms with van der Waals surface area (Å²) in [6.07, 6.45) is -10.1. The topological polar surface area (TPSA) is 527 Å². The van der Waals surface area contributed by atoms with Crippen LogP contribution in [0.15, 0.2) is 142 Å². The summed E-state index contributed by atoms with van der Waals surface area (Å²) in [6, 6.07) is 16.4. The lowest BCUT2D eigenvalue weighted by molar-refractivity contribution is -0.150. The maximum absolute atomic E-state index is 15.5. The number of ether oxygens (including phenoxy) is 5. The maximum atomic E-state index is 15.5. The van der Waals surface area contributed by atoms with Crippen molar-refractivity contribution in [1.29, 1.82) is 0 Å². The molecule has 3 aliphatic rings. The number of aromatic amines is 3. The van der Waals surface area contributed by atoms with Gasteiger partial charge in [-0.25, -0.2) is 36.7 Å². The number of rotatable bonds is 28. The van der Waals surface area contributed by atoms with Gasteiger partial charge in [0.25, 0.3) is 16.7 Å². The van der Waals surface area contributed by atoms with Crippen LogP contribution < -0.4 is 53.0 Å². The number of nitrogens with zero attached hydrogens (tertiary/aromatic N) is 12. The molecule has 0 radical (unpaired) electrons. The van der Waals surface area contributed by atoms with Crippen molar-refractivity contribution in [2.45, 2.75) is 147 Å². The number of H-pyrrole nitrogens is 3. The minimum Gasteiger partial charge on any atom is -0.462 e. The first kappa shape index (κ1) is 81.5. The third-order valence-corrected chi connectivity index (χ3v) is 18.4. The second-order valence-electron chi connectivity index (χ2n) is 23.0. The van der Waals surface area contributed by atoms with E-state index < -0.39 is 190 Å². The van der Waals surface area contributed by atoms with Crippen molar-refractivity contribution in [2.24, 2.45) is 27.2 Å². The van der Waals surface area contributed by atoms with E-state index in [9.17, 15) is 62.1 Å². The number of carbonyl (C=O) groups is 2. The molecular formula is C57H76F3N17O21P2. The van der Waals surface area contributed by atoms with E-state index in [0.717, 1.165) is 45.9 Å². The molecule has 5 aromatic rings. The summed E-state index contributed by atoms with van der Waals surface area (Å²) in [5.74, 6) is -3.13. The number of esters is 2. The molecule has 6 heterocycles. The van der Waals surface area contributed by atoms with Crippen molar-refractivity contribution in [3.63, 3.8) is 0 Å². The Morgan fingerprint density at radius 3 is 1.24 bits per heavy atom. The molecule has 100 heavy (non-hydrogen) atoms. The molecule has 16 atom stereocenters. The largest absolute Gasteiger partial charge is 0.462 e. The van der Waals surface area contributed by atoms with Crippen LogP contribution >= 0.6 is 15.5 Å². The van der Waals surface area contributed by atoms with Crippen molar-refractivity contribution in [3.05, 3.63) is 191 Å². The highest BCUT2D eigenvalue weighted by Gasteiger charge is 2.59. The van der Waals surface area contributed by atoms with E-state index in [1.165, 1.54) is 52.0 Å². The van der Waals surface area contributed by atoms with Gasteiger partial charge in [0.15, 0.2) is 37.2 Å². The predicted molar refractivity (Wildman–Crippen MR) is 346 cm³/mol. The van der Waals surface area contributed by atoms with E-state index in [-0.39, 0.29) is 25.5 Å². The highest BCUT2D eigenvalue weighted by molar-refractivity contribution is 7.52. The minimum absolute atomic E-state index is 0. The molecule has 3 aliphatic heterocycles. The van der Waals surface area contributed by atoms with E-state index in [1.54, 1.807) is 64.1 Å². The summed E-state index contributed by atoms with van der Waals surface area (Å²) in [5.41, 5.74) is 16.1. The maximum Gasteiger partial charge on any atom is 0.459 e. The summed E-state index contributed by atoms with van der Waals surface area (Å²) in [6.45, 7) is 8.70. The van der Waals surface area contributed by atoms with Crippen LogP contribution in [0.3, 0.4) is 0 Å². The van der Waals surface area contributed by atoms with Gasteiger partial charge < -0.3 is 42.9 Å². The summed E-state index contributed by atoms with van der Waals surface area (Å²) in [7, 11) is -8.87. The number of benzene rings is 2. The number of azide groups is 3. The number of hydrogen-bond acceptors (Lipinski definition) is 24. The number of hydrogen-bond donors (Lipinski definition) is 7. The van der Waals surface area contributed by atoms with Gasteiger partial charge in [0.1, 0.15) is 46.5 Å². The number of para-hydroxylation sites is 2. The zero-order chi connectivity index (χ0) is 73.2. The van der Waals surface area contributed by atoms with Crippen molar-refractivity contribution in [3.8, 4) is 11.5 Å². The van der Waals surface area contributed by atoms with Crippen LogP contribution in [-0.4, -0.2) is 156 Å². The number of nitrogens with one attached hydrogen (secondary N) is 5. The average molecular weight is 1450 g/mol. The van der Waals surface area contributed by atoms with Gasteiger partial charge in [0.2, 0.25) is 0 Å². The highest BCUT2D eigenvalue weighted by atomic mass is 31.2. The lowest BCUT2D eigenvalue weighted by Crippen LogP contribution is -2.49. The van der Waals surface area contributed by atoms with E-state index in [2.05, 4.69) is 40.3 Å². The van der Waals surface area contributed by atoms with Crippen LogP contribution in [0.4, 0.5) is 13.2 Å². The molecule has 7 N–H and O–H groups in total. The molecule has 2 unspecified atom stereocenters. The standard InChI is InChI=1S/C23H30FN6O8P.C22H28FN6O9P.C11H14FN5O4.CH4/c1-14(2)36-21(32)16(4)28-39(34,38-17-8-6-5-7-9-17)35-13-23(12-26-29-25)15(3)19(24)20(37-23)30-11-10-18(31)27-22(30)33;1-13(2)36-20(32)14(3)27-39(34,38-15-7-5-4-6-8-15)35-12-22(11-25-28-24)18(31)17(23)19(37-22)29-10-9-16(30)26-21(29)33;1-6-8(12)9(17-3-2-7(19)15-10(17)20)21-11(6,5-18)4-14-16-13;/h5-11,14-16,19-20H,12-13H2,1-4H3,(H,28,34)(H,27,31,33);4-10,13-14,17-19,31H,11-12H2,1-3H3,(H,27,34)(H,26,30,33);2-3,6,8-9,18H,4-5H2,1H3,(H,15,19,20);1H4/t15-,16-,19+,20+,23+,39?;14-,17+,18-,19+,22+,39?;6-,8+,9+,11+;/m000./s1. The zero-order valence-electron chi connectivity index (χ0n) is 54.0. The van der Waals surface area contributed by atoms with Crippen molar-refractivity contribution in [2.75, 3.05) is 39.5 Å².